The number of esters is 1. The third kappa shape index (κ3) is 4.27. The number of carbonyl (C=O) groups is 1. The Kier molecular flexibility index (Phi) is 5.11. The van der Waals surface area contributed by atoms with Crippen molar-refractivity contribution in [1.29, 1.82) is 0 Å². The summed E-state index contributed by atoms with van der Waals surface area (Å²) in [5, 5.41) is 18.4. The molecule has 2 aromatic carbocycles. The molecule has 138 valence electrons. The van der Waals surface area contributed by atoms with Crippen LogP contribution in [0.25, 0.3) is 11.5 Å². The van der Waals surface area contributed by atoms with Crippen molar-refractivity contribution in [3.05, 3.63) is 70.1 Å². The number of hydrogen-bond acceptors (Lipinski definition) is 8. The first-order chi connectivity index (χ1) is 12.9. The SMILES string of the molecule is CN(C)c1ccc(C(=O)OCc2nnc(-c3ccc([N+](=O)[O-])cc3)o2)cc1. The van der Waals surface area contributed by atoms with Gasteiger partial charge in [0, 0.05) is 37.5 Å². The van der Waals surface area contributed by atoms with E-state index in [2.05, 4.69) is 10.2 Å². The van der Waals surface area contributed by atoms with Gasteiger partial charge in [0.25, 0.3) is 11.6 Å². The van der Waals surface area contributed by atoms with Gasteiger partial charge in [-0.05, 0) is 36.4 Å². The van der Waals surface area contributed by atoms with Crippen LogP contribution in [0.3, 0.4) is 0 Å². The zero-order valence-electron chi connectivity index (χ0n) is 14.7. The fraction of sp³-hybridized carbons (Fsp3) is 0.167. The van der Waals surface area contributed by atoms with Gasteiger partial charge in [0.05, 0.1) is 10.5 Å². The van der Waals surface area contributed by atoms with Crippen LogP contribution in [0, 0.1) is 10.1 Å². The standard InChI is InChI=1S/C18H16N4O5/c1-21(2)14-7-5-13(6-8-14)18(23)26-11-16-19-20-17(27-16)12-3-9-15(10-4-12)22(24)25/h3-10H,11H2,1-2H3. The van der Waals surface area contributed by atoms with Crippen molar-refractivity contribution in [3.63, 3.8) is 0 Å². The highest BCUT2D eigenvalue weighted by Crippen LogP contribution is 2.21. The number of nitro benzene ring substituents is 1. The first kappa shape index (κ1) is 18.1. The average molecular weight is 368 g/mol. The van der Waals surface area contributed by atoms with Crippen molar-refractivity contribution < 1.29 is 18.9 Å². The first-order valence-corrected chi connectivity index (χ1v) is 7.96. The van der Waals surface area contributed by atoms with E-state index >= 15 is 0 Å². The highest BCUT2D eigenvalue weighted by molar-refractivity contribution is 5.89. The molecule has 1 heterocycles. The number of carbonyl (C=O) groups excluding carboxylic acids is 1. The number of hydrogen-bond donors (Lipinski definition) is 0. The second kappa shape index (κ2) is 7.65. The Hall–Kier alpha value is -3.75. The summed E-state index contributed by atoms with van der Waals surface area (Å²) in [5.41, 5.74) is 1.88. The molecule has 27 heavy (non-hydrogen) atoms. The van der Waals surface area contributed by atoms with Crippen LogP contribution in [-0.4, -0.2) is 35.2 Å². The molecule has 3 rings (SSSR count). The van der Waals surface area contributed by atoms with E-state index in [1.54, 1.807) is 12.1 Å². The third-order valence-electron chi connectivity index (χ3n) is 3.74. The van der Waals surface area contributed by atoms with Crippen LogP contribution >= 0.6 is 0 Å². The normalized spacial score (nSPS) is 10.4. The maximum atomic E-state index is 12.1. The van der Waals surface area contributed by atoms with E-state index < -0.39 is 10.9 Å². The van der Waals surface area contributed by atoms with Gasteiger partial charge in [0.15, 0.2) is 6.61 Å². The predicted octanol–water partition coefficient (Wildman–Crippen LogP) is 3.07. The average Bonchev–Trinajstić information content (AvgIpc) is 3.15. The van der Waals surface area contributed by atoms with Crippen molar-refractivity contribution in [2.24, 2.45) is 0 Å². The number of aromatic nitrogens is 2. The predicted molar refractivity (Wildman–Crippen MR) is 96.3 cm³/mol. The van der Waals surface area contributed by atoms with Crippen LogP contribution in [0.15, 0.2) is 52.9 Å². The molecule has 0 saturated heterocycles. The minimum atomic E-state index is -0.504. The summed E-state index contributed by atoms with van der Waals surface area (Å²) in [6, 6.07) is 12.7. The molecule has 0 fully saturated rings. The molecule has 0 aliphatic rings. The van der Waals surface area contributed by atoms with E-state index in [1.165, 1.54) is 24.3 Å². The Bertz CT molecular complexity index is 949. The smallest absolute Gasteiger partial charge is 0.338 e. The highest BCUT2D eigenvalue weighted by Gasteiger charge is 2.13. The molecular weight excluding hydrogens is 352 g/mol. The van der Waals surface area contributed by atoms with Gasteiger partial charge in [-0.25, -0.2) is 4.79 Å². The number of benzene rings is 2. The quantitative estimate of drug-likeness (QED) is 0.371. The molecule has 0 amide bonds. The van der Waals surface area contributed by atoms with Crippen LogP contribution in [0.1, 0.15) is 16.2 Å². The summed E-state index contributed by atoms with van der Waals surface area (Å²) in [6.45, 7) is -0.172. The fourth-order valence-electron chi connectivity index (χ4n) is 2.26. The molecule has 3 aromatic rings. The lowest BCUT2D eigenvalue weighted by Gasteiger charge is -2.12. The molecule has 0 spiro atoms. The second-order valence-electron chi connectivity index (χ2n) is 5.82. The molecule has 9 nitrogen and oxygen atoms in total. The molecule has 0 atom stereocenters. The number of non-ortho nitro benzene ring substituents is 1. The molecule has 0 saturated carbocycles. The van der Waals surface area contributed by atoms with Crippen LogP contribution in [0.4, 0.5) is 11.4 Å². The zero-order chi connectivity index (χ0) is 19.4. The van der Waals surface area contributed by atoms with E-state index in [4.69, 9.17) is 9.15 Å². The molecule has 0 aliphatic heterocycles. The van der Waals surface area contributed by atoms with E-state index in [0.29, 0.717) is 11.1 Å². The Morgan fingerprint density at radius 1 is 1.11 bits per heavy atom. The fourth-order valence-corrected chi connectivity index (χ4v) is 2.26. The van der Waals surface area contributed by atoms with Gasteiger partial charge in [-0.1, -0.05) is 0 Å². The lowest BCUT2D eigenvalue weighted by molar-refractivity contribution is -0.384. The van der Waals surface area contributed by atoms with E-state index in [1.807, 2.05) is 31.1 Å². The lowest BCUT2D eigenvalue weighted by atomic mass is 10.2. The summed E-state index contributed by atoms with van der Waals surface area (Å²) in [7, 11) is 3.82. The topological polar surface area (TPSA) is 112 Å². The number of nitrogens with zero attached hydrogens (tertiary/aromatic N) is 4. The van der Waals surface area contributed by atoms with Gasteiger partial charge < -0.3 is 14.1 Å². The molecule has 0 aliphatic carbocycles. The molecule has 0 bridgehead atoms. The van der Waals surface area contributed by atoms with Crippen molar-refractivity contribution in [2.75, 3.05) is 19.0 Å². The van der Waals surface area contributed by atoms with Gasteiger partial charge in [-0.2, -0.15) is 0 Å². The number of ether oxygens (including phenoxy) is 1. The second-order valence-corrected chi connectivity index (χ2v) is 5.82. The number of rotatable bonds is 6. The third-order valence-corrected chi connectivity index (χ3v) is 3.74. The highest BCUT2D eigenvalue weighted by atomic mass is 16.6. The monoisotopic (exact) mass is 368 g/mol. The zero-order valence-corrected chi connectivity index (χ0v) is 14.7. The molecule has 0 N–H and O–H groups in total. The summed E-state index contributed by atoms with van der Waals surface area (Å²) >= 11 is 0. The van der Waals surface area contributed by atoms with Crippen molar-refractivity contribution in [3.8, 4) is 11.5 Å². The molecule has 0 radical (unpaired) electrons. The van der Waals surface area contributed by atoms with Gasteiger partial charge in [-0.15, -0.1) is 10.2 Å². The summed E-state index contributed by atoms with van der Waals surface area (Å²) in [4.78, 5) is 24.2. The van der Waals surface area contributed by atoms with E-state index in [9.17, 15) is 14.9 Å². The van der Waals surface area contributed by atoms with Gasteiger partial charge in [0.2, 0.25) is 5.89 Å². The van der Waals surface area contributed by atoms with Gasteiger partial charge in [-0.3, -0.25) is 10.1 Å². The maximum Gasteiger partial charge on any atom is 0.338 e. The van der Waals surface area contributed by atoms with Crippen molar-refractivity contribution >= 4 is 17.3 Å². The van der Waals surface area contributed by atoms with Gasteiger partial charge in [0.1, 0.15) is 0 Å². The Morgan fingerprint density at radius 3 is 2.37 bits per heavy atom. The molecule has 0 unspecified atom stereocenters. The summed E-state index contributed by atoms with van der Waals surface area (Å²) < 4.78 is 10.6. The van der Waals surface area contributed by atoms with Crippen LogP contribution in [0.5, 0.6) is 0 Å². The van der Waals surface area contributed by atoms with Crippen molar-refractivity contribution in [1.82, 2.24) is 10.2 Å². The van der Waals surface area contributed by atoms with Crippen LogP contribution < -0.4 is 4.90 Å². The van der Waals surface area contributed by atoms with Gasteiger partial charge >= 0.3 is 5.97 Å². The molecular formula is C18H16N4O5. The molecule has 9 heteroatoms. The van der Waals surface area contributed by atoms with E-state index in [-0.39, 0.29) is 24.1 Å². The molecule has 1 aromatic heterocycles. The van der Waals surface area contributed by atoms with Crippen molar-refractivity contribution in [2.45, 2.75) is 6.61 Å². The maximum absolute atomic E-state index is 12.1. The lowest BCUT2D eigenvalue weighted by Crippen LogP contribution is -2.09. The summed E-state index contributed by atoms with van der Waals surface area (Å²) in [6.07, 6.45) is 0. The minimum Gasteiger partial charge on any atom is -0.452 e. The minimum absolute atomic E-state index is 0.0345. The largest absolute Gasteiger partial charge is 0.452 e. The Morgan fingerprint density at radius 2 is 1.78 bits per heavy atom. The van der Waals surface area contributed by atoms with Crippen LogP contribution in [-0.2, 0) is 11.3 Å². The number of nitro groups is 1. The number of anilines is 1. The first-order valence-electron chi connectivity index (χ1n) is 7.96. The van der Waals surface area contributed by atoms with E-state index in [0.717, 1.165) is 5.69 Å². The Labute approximate surface area is 154 Å². The Balaban J connectivity index is 1.62. The summed E-state index contributed by atoms with van der Waals surface area (Å²) in [5.74, 6) is -0.191. The van der Waals surface area contributed by atoms with Crippen LogP contribution in [0.2, 0.25) is 0 Å².